The molecule has 1 aromatic rings. The molecule has 0 bridgehead atoms. The maximum absolute atomic E-state index is 3.71. The van der Waals surface area contributed by atoms with Gasteiger partial charge in [-0.25, -0.2) is 0 Å². The molecule has 0 heterocycles. The van der Waals surface area contributed by atoms with Crippen molar-refractivity contribution < 1.29 is 0 Å². The van der Waals surface area contributed by atoms with Gasteiger partial charge in [-0.15, -0.1) is 0 Å². The molecular formula is C14H20BrN. The van der Waals surface area contributed by atoms with Gasteiger partial charge in [0.15, 0.2) is 0 Å². The minimum absolute atomic E-state index is 0.654. The lowest BCUT2D eigenvalue weighted by atomic mass is 9.85. The van der Waals surface area contributed by atoms with Crippen LogP contribution in [0.5, 0.6) is 0 Å². The molecule has 2 rings (SSSR count). The molecule has 1 nitrogen and oxygen atoms in total. The molecule has 1 saturated carbocycles. The van der Waals surface area contributed by atoms with E-state index in [-0.39, 0.29) is 0 Å². The first-order valence-corrected chi connectivity index (χ1v) is 6.99. The molecule has 1 fully saturated rings. The second-order valence-corrected chi connectivity index (χ2v) is 5.89. The molecule has 1 aliphatic carbocycles. The normalized spacial score (nSPS) is 25.4. The largest absolute Gasteiger partial charge is 0.382 e. The molecule has 2 unspecified atom stereocenters. The van der Waals surface area contributed by atoms with Crippen molar-refractivity contribution in [2.45, 2.75) is 45.6 Å². The smallest absolute Gasteiger partial charge is 0.0383 e. The fraction of sp³-hybridized carbons (Fsp3) is 0.571. The first kappa shape index (κ1) is 12.0. The van der Waals surface area contributed by atoms with E-state index in [1.54, 1.807) is 0 Å². The summed E-state index contributed by atoms with van der Waals surface area (Å²) in [6.07, 6.45) is 5.45. The van der Waals surface area contributed by atoms with Gasteiger partial charge in [-0.05, 0) is 43.4 Å². The second-order valence-electron chi connectivity index (χ2n) is 4.97. The summed E-state index contributed by atoms with van der Waals surface area (Å²) in [7, 11) is 0. The Balaban J connectivity index is 2.10. The van der Waals surface area contributed by atoms with Gasteiger partial charge in [0.2, 0.25) is 0 Å². The zero-order valence-electron chi connectivity index (χ0n) is 10.1. The highest BCUT2D eigenvalue weighted by Gasteiger charge is 2.21. The van der Waals surface area contributed by atoms with Crippen LogP contribution in [0.2, 0.25) is 0 Å². The highest BCUT2D eigenvalue weighted by atomic mass is 79.9. The Morgan fingerprint density at radius 1 is 1.25 bits per heavy atom. The molecule has 1 aromatic carbocycles. The minimum Gasteiger partial charge on any atom is -0.382 e. The molecule has 1 N–H and O–H groups in total. The van der Waals surface area contributed by atoms with Crippen molar-refractivity contribution in [1.82, 2.24) is 0 Å². The molecule has 0 radical (unpaired) electrons. The number of hydrogen-bond acceptors (Lipinski definition) is 1. The molecule has 0 saturated heterocycles. The maximum Gasteiger partial charge on any atom is 0.0383 e. The van der Waals surface area contributed by atoms with Crippen molar-refractivity contribution in [1.29, 1.82) is 0 Å². The van der Waals surface area contributed by atoms with Gasteiger partial charge in [-0.1, -0.05) is 41.8 Å². The van der Waals surface area contributed by atoms with Crippen LogP contribution in [0.3, 0.4) is 0 Å². The van der Waals surface area contributed by atoms with Gasteiger partial charge in [-0.3, -0.25) is 0 Å². The molecule has 0 aromatic heterocycles. The lowest BCUT2D eigenvalue weighted by Crippen LogP contribution is -2.30. The molecule has 0 spiro atoms. The average Bonchev–Trinajstić information content (AvgIpc) is 2.27. The molecule has 88 valence electrons. The number of benzene rings is 1. The van der Waals surface area contributed by atoms with Crippen molar-refractivity contribution >= 4 is 21.6 Å². The summed E-state index contributed by atoms with van der Waals surface area (Å²) in [4.78, 5) is 0. The Morgan fingerprint density at radius 2 is 2.00 bits per heavy atom. The van der Waals surface area contributed by atoms with Gasteiger partial charge >= 0.3 is 0 Å². The Hall–Kier alpha value is -0.500. The van der Waals surface area contributed by atoms with E-state index < -0.39 is 0 Å². The Labute approximate surface area is 107 Å². The fourth-order valence-corrected chi connectivity index (χ4v) is 2.84. The van der Waals surface area contributed by atoms with Crippen LogP contribution in [0.15, 0.2) is 22.7 Å². The minimum atomic E-state index is 0.654. The van der Waals surface area contributed by atoms with Gasteiger partial charge in [0.1, 0.15) is 0 Å². The van der Waals surface area contributed by atoms with Crippen molar-refractivity contribution in [3.63, 3.8) is 0 Å². The first-order valence-electron chi connectivity index (χ1n) is 6.19. The molecule has 0 aliphatic heterocycles. The van der Waals surface area contributed by atoms with E-state index in [0.717, 1.165) is 10.4 Å². The Kier molecular flexibility index (Phi) is 3.91. The predicted octanol–water partition coefficient (Wildman–Crippen LogP) is 4.75. The molecular weight excluding hydrogens is 262 g/mol. The zero-order valence-corrected chi connectivity index (χ0v) is 11.7. The van der Waals surface area contributed by atoms with E-state index in [9.17, 15) is 0 Å². The van der Waals surface area contributed by atoms with E-state index in [4.69, 9.17) is 0 Å². The van der Waals surface area contributed by atoms with Gasteiger partial charge in [0.25, 0.3) is 0 Å². The molecule has 2 atom stereocenters. The first-order chi connectivity index (χ1) is 7.66. The van der Waals surface area contributed by atoms with Crippen LogP contribution < -0.4 is 5.32 Å². The third-order valence-corrected chi connectivity index (χ3v) is 4.15. The van der Waals surface area contributed by atoms with Gasteiger partial charge in [0, 0.05) is 16.2 Å². The fourth-order valence-electron chi connectivity index (χ4n) is 2.48. The van der Waals surface area contributed by atoms with Crippen LogP contribution in [0, 0.1) is 12.8 Å². The highest BCUT2D eigenvalue weighted by molar-refractivity contribution is 9.10. The Bertz CT molecular complexity index is 362. The van der Waals surface area contributed by atoms with E-state index in [1.165, 1.54) is 36.9 Å². The van der Waals surface area contributed by atoms with Gasteiger partial charge in [-0.2, -0.15) is 0 Å². The van der Waals surface area contributed by atoms with Crippen LogP contribution in [0.25, 0.3) is 0 Å². The van der Waals surface area contributed by atoms with Gasteiger partial charge < -0.3 is 5.32 Å². The SMILES string of the molecule is Cc1ccc(Br)cc1NC1CCCCC1C. The number of anilines is 1. The number of hydrogen-bond donors (Lipinski definition) is 1. The van der Waals surface area contributed by atoms with Crippen LogP contribution in [0.1, 0.15) is 38.2 Å². The third-order valence-electron chi connectivity index (χ3n) is 3.65. The highest BCUT2D eigenvalue weighted by Crippen LogP contribution is 2.29. The van der Waals surface area contributed by atoms with Gasteiger partial charge in [0.05, 0.1) is 0 Å². The summed E-state index contributed by atoms with van der Waals surface area (Å²) in [5.41, 5.74) is 2.62. The Morgan fingerprint density at radius 3 is 2.75 bits per heavy atom. The molecule has 16 heavy (non-hydrogen) atoms. The van der Waals surface area contributed by atoms with E-state index in [2.05, 4.69) is 53.3 Å². The summed E-state index contributed by atoms with van der Waals surface area (Å²) in [6.45, 7) is 4.53. The monoisotopic (exact) mass is 281 g/mol. The standard InChI is InChI=1S/C14H20BrN/c1-10-5-3-4-6-13(10)16-14-9-12(15)8-7-11(14)2/h7-10,13,16H,3-6H2,1-2H3. The average molecular weight is 282 g/mol. The number of nitrogens with one attached hydrogen (secondary N) is 1. The predicted molar refractivity (Wildman–Crippen MR) is 73.9 cm³/mol. The van der Waals surface area contributed by atoms with Crippen molar-refractivity contribution in [3.05, 3.63) is 28.2 Å². The summed E-state index contributed by atoms with van der Waals surface area (Å²) < 4.78 is 1.16. The van der Waals surface area contributed by atoms with Crippen molar-refractivity contribution in [3.8, 4) is 0 Å². The third kappa shape index (κ3) is 2.79. The summed E-state index contributed by atoms with van der Waals surface area (Å²) in [5.74, 6) is 0.798. The van der Waals surface area contributed by atoms with Crippen LogP contribution in [-0.2, 0) is 0 Å². The van der Waals surface area contributed by atoms with Crippen LogP contribution >= 0.6 is 15.9 Å². The van der Waals surface area contributed by atoms with Crippen molar-refractivity contribution in [2.75, 3.05) is 5.32 Å². The van der Waals surface area contributed by atoms with Crippen LogP contribution in [0.4, 0.5) is 5.69 Å². The number of rotatable bonds is 2. The van der Waals surface area contributed by atoms with E-state index in [0.29, 0.717) is 6.04 Å². The second kappa shape index (κ2) is 5.22. The van der Waals surface area contributed by atoms with Crippen molar-refractivity contribution in [2.24, 2.45) is 5.92 Å². The van der Waals surface area contributed by atoms with E-state index in [1.807, 2.05) is 0 Å². The molecule has 2 heteroatoms. The maximum atomic E-state index is 3.71. The lowest BCUT2D eigenvalue weighted by molar-refractivity contribution is 0.349. The topological polar surface area (TPSA) is 12.0 Å². The quantitative estimate of drug-likeness (QED) is 0.825. The number of aryl methyl sites for hydroxylation is 1. The summed E-state index contributed by atoms with van der Waals surface area (Å²) in [5, 5.41) is 3.71. The lowest BCUT2D eigenvalue weighted by Gasteiger charge is -2.31. The molecule has 1 aliphatic rings. The summed E-state index contributed by atoms with van der Waals surface area (Å²) >= 11 is 3.54. The summed E-state index contributed by atoms with van der Waals surface area (Å²) in [6, 6.07) is 7.11. The number of halogens is 1. The van der Waals surface area contributed by atoms with Crippen LogP contribution in [-0.4, -0.2) is 6.04 Å². The molecule has 0 amide bonds. The van der Waals surface area contributed by atoms with E-state index >= 15 is 0 Å². The zero-order chi connectivity index (χ0) is 11.5.